The molecule has 1 aromatic carbocycles. The number of carbonyl (C=O) groups excluding carboxylic acids is 1. The van der Waals surface area contributed by atoms with Gasteiger partial charge in [-0.3, -0.25) is 4.79 Å². The molecule has 0 fully saturated rings. The minimum absolute atomic E-state index is 0. The Morgan fingerprint density at radius 1 is 1.32 bits per heavy atom. The Labute approximate surface area is 154 Å². The lowest BCUT2D eigenvalue weighted by Crippen LogP contribution is -2.31. The van der Waals surface area contributed by atoms with Crippen molar-refractivity contribution in [1.29, 1.82) is 0 Å². The summed E-state index contributed by atoms with van der Waals surface area (Å²) in [6, 6.07) is 8.14. The second-order valence-corrected chi connectivity index (χ2v) is 6.21. The molecule has 2 rings (SSSR count). The first-order chi connectivity index (χ1) is 11.3. The Hall–Kier alpha value is -1.64. The third-order valence-electron chi connectivity index (χ3n) is 3.49. The number of nitrogens with zero attached hydrogens (tertiary/aromatic N) is 1. The predicted molar refractivity (Wildman–Crippen MR) is 93.5 cm³/mol. The number of hydrogen-bond donors (Lipinski definition) is 2. The lowest BCUT2D eigenvalue weighted by Gasteiger charge is -2.17. The van der Waals surface area contributed by atoms with Crippen molar-refractivity contribution >= 4 is 29.7 Å². The van der Waals surface area contributed by atoms with Gasteiger partial charge in [-0.1, -0.05) is 37.3 Å². The van der Waals surface area contributed by atoms with Gasteiger partial charge < -0.3 is 11.1 Å². The molecule has 0 spiro atoms. The van der Waals surface area contributed by atoms with Crippen molar-refractivity contribution in [2.45, 2.75) is 38.0 Å². The summed E-state index contributed by atoms with van der Waals surface area (Å²) in [5, 5.41) is 3.91. The molecule has 0 aliphatic carbocycles. The normalized spacial score (nSPS) is 13.6. The fourth-order valence-electron chi connectivity index (χ4n) is 2.19. The Morgan fingerprint density at radius 2 is 1.96 bits per heavy atom. The third kappa shape index (κ3) is 5.98. The van der Waals surface area contributed by atoms with E-state index in [0.29, 0.717) is 6.42 Å². The van der Waals surface area contributed by atoms with Gasteiger partial charge in [-0.2, -0.15) is 13.2 Å². The zero-order valence-electron chi connectivity index (χ0n) is 13.4. The molecule has 0 aliphatic rings. The van der Waals surface area contributed by atoms with Crippen molar-refractivity contribution in [2.75, 3.05) is 0 Å². The van der Waals surface area contributed by atoms with E-state index >= 15 is 0 Å². The summed E-state index contributed by atoms with van der Waals surface area (Å²) in [4.78, 5) is 15.7. The van der Waals surface area contributed by atoms with Crippen LogP contribution in [0, 0.1) is 0 Å². The zero-order chi connectivity index (χ0) is 17.7. The molecule has 0 bridgehead atoms. The number of nitrogens with one attached hydrogen (secondary N) is 1. The molecule has 3 N–H and O–H groups in total. The number of carbonyl (C=O) groups is 1. The van der Waals surface area contributed by atoms with Crippen LogP contribution in [0.2, 0.25) is 0 Å². The molecule has 1 amide bonds. The number of hydrogen-bond acceptors (Lipinski definition) is 4. The Morgan fingerprint density at radius 3 is 2.48 bits per heavy atom. The molecule has 0 saturated carbocycles. The average molecular weight is 394 g/mol. The Balaban J connectivity index is 0.00000312. The molecule has 138 valence electrons. The lowest BCUT2D eigenvalue weighted by molar-refractivity contribution is -0.140. The largest absolute Gasteiger partial charge is 0.434 e. The molecular weight excluding hydrogens is 375 g/mol. The van der Waals surface area contributed by atoms with Gasteiger partial charge in [-0.25, -0.2) is 4.98 Å². The van der Waals surface area contributed by atoms with Gasteiger partial charge in [0.15, 0.2) is 5.69 Å². The number of thiazole rings is 1. The van der Waals surface area contributed by atoms with E-state index in [1.807, 2.05) is 30.3 Å². The summed E-state index contributed by atoms with van der Waals surface area (Å²) in [5.41, 5.74) is 5.88. The highest BCUT2D eigenvalue weighted by molar-refractivity contribution is 7.09. The summed E-state index contributed by atoms with van der Waals surface area (Å²) < 4.78 is 37.9. The highest BCUT2D eigenvalue weighted by Crippen LogP contribution is 2.32. The van der Waals surface area contributed by atoms with Crippen molar-refractivity contribution in [3.8, 4) is 0 Å². The van der Waals surface area contributed by atoms with E-state index in [2.05, 4.69) is 10.3 Å². The fourth-order valence-corrected chi connectivity index (χ4v) is 3.15. The quantitative estimate of drug-likeness (QED) is 0.771. The van der Waals surface area contributed by atoms with Crippen LogP contribution in [-0.4, -0.2) is 10.9 Å². The number of aromatic nitrogens is 1. The Kier molecular flexibility index (Phi) is 7.85. The predicted octanol–water partition coefficient (Wildman–Crippen LogP) is 4.24. The number of alkyl halides is 3. The van der Waals surface area contributed by atoms with Crippen molar-refractivity contribution in [3.63, 3.8) is 0 Å². The van der Waals surface area contributed by atoms with Gasteiger partial charge in [0.05, 0.1) is 6.04 Å². The van der Waals surface area contributed by atoms with Crippen LogP contribution in [0.1, 0.15) is 48.1 Å². The fraction of sp³-hybridized carbons (Fsp3) is 0.375. The minimum Gasteiger partial charge on any atom is -0.347 e. The molecule has 25 heavy (non-hydrogen) atoms. The molecule has 2 aromatic rings. The second kappa shape index (κ2) is 9.17. The number of amides is 1. The average Bonchev–Trinajstić information content (AvgIpc) is 3.03. The summed E-state index contributed by atoms with van der Waals surface area (Å²) in [6.07, 6.45) is -3.98. The molecular formula is C16H19ClF3N3OS. The zero-order valence-corrected chi connectivity index (χ0v) is 15.0. The minimum atomic E-state index is -4.48. The molecule has 1 aromatic heterocycles. The van der Waals surface area contributed by atoms with Gasteiger partial charge in [0.1, 0.15) is 5.01 Å². The van der Waals surface area contributed by atoms with Crippen molar-refractivity contribution in [2.24, 2.45) is 5.73 Å². The van der Waals surface area contributed by atoms with Gasteiger partial charge in [0.2, 0.25) is 5.91 Å². The van der Waals surface area contributed by atoms with E-state index < -0.39 is 24.0 Å². The highest BCUT2D eigenvalue weighted by Gasteiger charge is 2.34. The number of rotatable bonds is 6. The standard InChI is InChI=1S/C16H18F3N3OS.ClH/c1-2-12(15-22-13(9-24-15)16(17,18)19)21-14(23)8-11(20)10-6-4-3-5-7-10;/h3-7,9,11-12H,2,8,20H2,1H3,(H,21,23);1H. The number of halogens is 4. The smallest absolute Gasteiger partial charge is 0.347 e. The van der Waals surface area contributed by atoms with E-state index in [1.54, 1.807) is 6.92 Å². The van der Waals surface area contributed by atoms with E-state index in [-0.39, 0.29) is 29.7 Å². The van der Waals surface area contributed by atoms with Gasteiger partial charge in [-0.15, -0.1) is 23.7 Å². The van der Waals surface area contributed by atoms with Crippen molar-refractivity contribution in [1.82, 2.24) is 10.3 Å². The van der Waals surface area contributed by atoms with Crippen LogP contribution in [0.3, 0.4) is 0 Å². The summed E-state index contributed by atoms with van der Waals surface area (Å²) in [7, 11) is 0. The van der Waals surface area contributed by atoms with Crippen LogP contribution in [-0.2, 0) is 11.0 Å². The highest BCUT2D eigenvalue weighted by atomic mass is 35.5. The van der Waals surface area contributed by atoms with Gasteiger partial charge in [0, 0.05) is 17.8 Å². The lowest BCUT2D eigenvalue weighted by atomic mass is 10.0. The third-order valence-corrected chi connectivity index (χ3v) is 4.45. The monoisotopic (exact) mass is 393 g/mol. The van der Waals surface area contributed by atoms with Crippen LogP contribution in [0.5, 0.6) is 0 Å². The van der Waals surface area contributed by atoms with Gasteiger partial charge in [-0.05, 0) is 12.0 Å². The summed E-state index contributed by atoms with van der Waals surface area (Å²) in [5.74, 6) is -0.318. The van der Waals surface area contributed by atoms with Crippen molar-refractivity contribution in [3.05, 3.63) is 52.0 Å². The molecule has 9 heteroatoms. The Bertz CT molecular complexity index is 679. The molecule has 2 unspecified atom stereocenters. The molecule has 0 radical (unpaired) electrons. The van der Waals surface area contributed by atoms with E-state index in [1.165, 1.54) is 0 Å². The van der Waals surface area contributed by atoms with E-state index in [9.17, 15) is 18.0 Å². The van der Waals surface area contributed by atoms with Crippen LogP contribution in [0.25, 0.3) is 0 Å². The maximum atomic E-state index is 12.6. The number of benzene rings is 1. The van der Waals surface area contributed by atoms with Crippen molar-refractivity contribution < 1.29 is 18.0 Å². The molecule has 2 atom stereocenters. The SMILES string of the molecule is CCC(NC(=O)CC(N)c1ccccc1)c1nc(C(F)(F)F)cs1.Cl. The van der Waals surface area contributed by atoms with Crippen LogP contribution >= 0.6 is 23.7 Å². The van der Waals surface area contributed by atoms with Crippen LogP contribution < -0.4 is 11.1 Å². The molecule has 4 nitrogen and oxygen atoms in total. The van der Waals surface area contributed by atoms with E-state index in [0.717, 1.165) is 22.3 Å². The number of nitrogens with two attached hydrogens (primary N) is 1. The first-order valence-corrected chi connectivity index (χ1v) is 8.31. The van der Waals surface area contributed by atoms with E-state index in [4.69, 9.17) is 5.73 Å². The van der Waals surface area contributed by atoms with Gasteiger partial charge >= 0.3 is 6.18 Å². The first kappa shape index (κ1) is 21.4. The maximum absolute atomic E-state index is 12.6. The van der Waals surface area contributed by atoms with Gasteiger partial charge in [0.25, 0.3) is 0 Å². The maximum Gasteiger partial charge on any atom is 0.434 e. The van der Waals surface area contributed by atoms with Crippen LogP contribution in [0.4, 0.5) is 13.2 Å². The summed E-state index contributed by atoms with van der Waals surface area (Å²) >= 11 is 0.889. The second-order valence-electron chi connectivity index (χ2n) is 5.32. The molecule has 0 aliphatic heterocycles. The topological polar surface area (TPSA) is 68.0 Å². The summed E-state index contributed by atoms with van der Waals surface area (Å²) in [6.45, 7) is 1.77. The molecule has 0 saturated heterocycles. The van der Waals surface area contributed by atoms with Crippen LogP contribution in [0.15, 0.2) is 35.7 Å². The molecule has 1 heterocycles. The first-order valence-electron chi connectivity index (χ1n) is 7.43.